The highest BCUT2D eigenvalue weighted by Crippen LogP contribution is 2.34. The van der Waals surface area contributed by atoms with Gasteiger partial charge in [-0.05, 0) is 34.1 Å². The van der Waals surface area contributed by atoms with E-state index in [1.807, 2.05) is 0 Å². The zero-order valence-corrected chi connectivity index (χ0v) is 12.6. The molecule has 2 rings (SSSR count). The molecule has 20 heavy (non-hydrogen) atoms. The molecule has 0 amide bonds. The number of nitrogen functional groups attached to an aromatic ring is 1. The number of hydrogen-bond donors (Lipinski definition) is 2. The van der Waals surface area contributed by atoms with Crippen molar-refractivity contribution < 1.29 is 13.9 Å². The van der Waals surface area contributed by atoms with E-state index in [2.05, 4.69) is 21.2 Å². The Labute approximate surface area is 124 Å². The summed E-state index contributed by atoms with van der Waals surface area (Å²) >= 11 is 3.09. The van der Waals surface area contributed by atoms with Gasteiger partial charge in [0, 0.05) is 12.1 Å². The summed E-state index contributed by atoms with van der Waals surface area (Å²) < 4.78 is 24.3. The minimum absolute atomic E-state index is 0.322. The van der Waals surface area contributed by atoms with Crippen molar-refractivity contribution in [2.45, 2.75) is 0 Å². The molecule has 0 atom stereocenters. The maximum absolute atomic E-state index is 13.6. The quantitative estimate of drug-likeness (QED) is 0.828. The molecule has 0 saturated heterocycles. The number of anilines is 3. The summed E-state index contributed by atoms with van der Waals surface area (Å²) in [5.41, 5.74) is 7.42. The summed E-state index contributed by atoms with van der Waals surface area (Å²) in [6.07, 6.45) is 0. The fourth-order valence-corrected chi connectivity index (χ4v) is 2.08. The number of benzene rings is 2. The Morgan fingerprint density at radius 1 is 1.10 bits per heavy atom. The minimum atomic E-state index is -0.394. The van der Waals surface area contributed by atoms with Crippen LogP contribution in [0.3, 0.4) is 0 Å². The molecule has 0 heterocycles. The molecular weight excluding hydrogens is 327 g/mol. The number of halogens is 2. The van der Waals surface area contributed by atoms with Gasteiger partial charge in [-0.2, -0.15) is 0 Å². The van der Waals surface area contributed by atoms with E-state index in [0.29, 0.717) is 33.0 Å². The lowest BCUT2D eigenvalue weighted by molar-refractivity contribution is 0.395. The highest BCUT2D eigenvalue weighted by Gasteiger charge is 2.10. The van der Waals surface area contributed by atoms with Crippen LogP contribution in [0.25, 0.3) is 0 Å². The third-order valence-corrected chi connectivity index (χ3v) is 3.38. The van der Waals surface area contributed by atoms with Crippen molar-refractivity contribution in [3.05, 3.63) is 40.6 Å². The summed E-state index contributed by atoms with van der Waals surface area (Å²) in [4.78, 5) is 0. The second kappa shape index (κ2) is 6.00. The summed E-state index contributed by atoms with van der Waals surface area (Å²) in [6.45, 7) is 0. The first kappa shape index (κ1) is 14.5. The standard InChI is InChI=1S/C14H14BrFN2O2/c1-19-8-3-4-12(14(5-8)20-2)18-13-7-10(16)9(15)6-11(13)17/h3-7,18H,17H2,1-2H3. The molecule has 0 spiro atoms. The highest BCUT2D eigenvalue weighted by molar-refractivity contribution is 9.10. The normalized spacial score (nSPS) is 10.2. The van der Waals surface area contributed by atoms with E-state index in [9.17, 15) is 4.39 Å². The van der Waals surface area contributed by atoms with Crippen LogP contribution in [0.1, 0.15) is 0 Å². The van der Waals surface area contributed by atoms with Crippen LogP contribution in [-0.4, -0.2) is 14.2 Å². The molecule has 0 radical (unpaired) electrons. The lowest BCUT2D eigenvalue weighted by Gasteiger charge is -2.14. The molecule has 106 valence electrons. The van der Waals surface area contributed by atoms with E-state index < -0.39 is 5.82 Å². The van der Waals surface area contributed by atoms with Crippen molar-refractivity contribution in [3.63, 3.8) is 0 Å². The molecule has 0 saturated carbocycles. The Balaban J connectivity index is 2.37. The first-order chi connectivity index (χ1) is 9.55. The fourth-order valence-electron chi connectivity index (χ4n) is 1.72. The van der Waals surface area contributed by atoms with Gasteiger partial charge in [0.15, 0.2) is 0 Å². The topological polar surface area (TPSA) is 56.5 Å². The number of rotatable bonds is 4. The lowest BCUT2D eigenvalue weighted by atomic mass is 10.2. The maximum Gasteiger partial charge on any atom is 0.145 e. The molecule has 2 aromatic rings. The van der Waals surface area contributed by atoms with Gasteiger partial charge in [-0.15, -0.1) is 0 Å². The van der Waals surface area contributed by atoms with Gasteiger partial charge in [-0.3, -0.25) is 0 Å². The second-order valence-corrected chi connectivity index (χ2v) is 4.90. The predicted molar refractivity (Wildman–Crippen MR) is 81.3 cm³/mol. The molecule has 0 aromatic heterocycles. The van der Waals surface area contributed by atoms with Crippen molar-refractivity contribution in [2.24, 2.45) is 0 Å². The molecule has 2 aromatic carbocycles. The zero-order chi connectivity index (χ0) is 14.7. The smallest absolute Gasteiger partial charge is 0.145 e. The maximum atomic E-state index is 13.6. The van der Waals surface area contributed by atoms with Crippen LogP contribution >= 0.6 is 15.9 Å². The van der Waals surface area contributed by atoms with Gasteiger partial charge in [0.05, 0.1) is 35.8 Å². The number of hydrogen-bond acceptors (Lipinski definition) is 4. The monoisotopic (exact) mass is 340 g/mol. The van der Waals surface area contributed by atoms with E-state index in [-0.39, 0.29) is 0 Å². The van der Waals surface area contributed by atoms with Crippen LogP contribution in [0.5, 0.6) is 11.5 Å². The predicted octanol–water partition coefficient (Wildman–Crippen LogP) is 3.93. The SMILES string of the molecule is COc1ccc(Nc2cc(F)c(Br)cc2N)c(OC)c1. The molecule has 0 fully saturated rings. The van der Waals surface area contributed by atoms with Gasteiger partial charge in [0.25, 0.3) is 0 Å². The first-order valence-electron chi connectivity index (χ1n) is 5.78. The summed E-state index contributed by atoms with van der Waals surface area (Å²) in [7, 11) is 3.12. The third kappa shape index (κ3) is 2.96. The molecule has 0 bridgehead atoms. The van der Waals surface area contributed by atoms with Gasteiger partial charge in [-0.1, -0.05) is 0 Å². The molecule has 6 heteroatoms. The Morgan fingerprint density at radius 3 is 2.50 bits per heavy atom. The Morgan fingerprint density at radius 2 is 1.85 bits per heavy atom. The van der Waals surface area contributed by atoms with Gasteiger partial charge < -0.3 is 20.5 Å². The summed E-state index contributed by atoms with van der Waals surface area (Å²) in [5, 5.41) is 3.04. The van der Waals surface area contributed by atoms with Crippen LogP contribution in [-0.2, 0) is 0 Å². The van der Waals surface area contributed by atoms with Crippen LogP contribution in [0.2, 0.25) is 0 Å². The molecule has 0 unspecified atom stereocenters. The fraction of sp³-hybridized carbons (Fsp3) is 0.143. The molecule has 0 aliphatic rings. The third-order valence-electron chi connectivity index (χ3n) is 2.77. The largest absolute Gasteiger partial charge is 0.497 e. The molecule has 3 N–H and O–H groups in total. The zero-order valence-electron chi connectivity index (χ0n) is 11.0. The van der Waals surface area contributed by atoms with Crippen molar-refractivity contribution >= 4 is 33.0 Å². The van der Waals surface area contributed by atoms with Gasteiger partial charge in [0.1, 0.15) is 17.3 Å². The molecule has 0 aliphatic carbocycles. The minimum Gasteiger partial charge on any atom is -0.497 e. The Kier molecular flexibility index (Phi) is 4.34. The molecule has 4 nitrogen and oxygen atoms in total. The molecular formula is C14H14BrFN2O2. The van der Waals surface area contributed by atoms with E-state index in [0.717, 1.165) is 0 Å². The average molecular weight is 341 g/mol. The van der Waals surface area contributed by atoms with Gasteiger partial charge in [-0.25, -0.2) is 4.39 Å². The van der Waals surface area contributed by atoms with E-state index in [4.69, 9.17) is 15.2 Å². The van der Waals surface area contributed by atoms with Crippen LogP contribution in [0.4, 0.5) is 21.5 Å². The highest BCUT2D eigenvalue weighted by atomic mass is 79.9. The van der Waals surface area contributed by atoms with E-state index >= 15 is 0 Å². The van der Waals surface area contributed by atoms with Crippen molar-refractivity contribution in [2.75, 3.05) is 25.3 Å². The first-order valence-corrected chi connectivity index (χ1v) is 6.58. The van der Waals surface area contributed by atoms with E-state index in [1.54, 1.807) is 32.4 Å². The second-order valence-electron chi connectivity index (χ2n) is 4.04. The summed E-state index contributed by atoms with van der Waals surface area (Å²) in [5.74, 6) is 0.851. The van der Waals surface area contributed by atoms with Gasteiger partial charge in [0.2, 0.25) is 0 Å². The number of nitrogens with two attached hydrogens (primary N) is 1. The number of ether oxygens (including phenoxy) is 2. The molecule has 0 aliphatic heterocycles. The lowest BCUT2D eigenvalue weighted by Crippen LogP contribution is -2.00. The van der Waals surface area contributed by atoms with Gasteiger partial charge >= 0.3 is 0 Å². The van der Waals surface area contributed by atoms with E-state index in [1.165, 1.54) is 12.1 Å². The number of methoxy groups -OCH3 is 2. The Bertz CT molecular complexity index is 635. The Hall–Kier alpha value is -1.95. The average Bonchev–Trinajstić information content (AvgIpc) is 2.45. The van der Waals surface area contributed by atoms with Crippen molar-refractivity contribution in [3.8, 4) is 11.5 Å². The van der Waals surface area contributed by atoms with Crippen LogP contribution in [0.15, 0.2) is 34.8 Å². The van der Waals surface area contributed by atoms with Crippen LogP contribution < -0.4 is 20.5 Å². The number of nitrogens with one attached hydrogen (secondary N) is 1. The van der Waals surface area contributed by atoms with Crippen molar-refractivity contribution in [1.29, 1.82) is 0 Å². The summed E-state index contributed by atoms with van der Waals surface area (Å²) in [6, 6.07) is 8.11. The van der Waals surface area contributed by atoms with Crippen LogP contribution in [0, 0.1) is 5.82 Å². The van der Waals surface area contributed by atoms with Crippen molar-refractivity contribution in [1.82, 2.24) is 0 Å².